The first-order valence-electron chi connectivity index (χ1n) is 5.03. The van der Waals surface area contributed by atoms with Crippen LogP contribution in [0.1, 0.15) is 33.3 Å². The van der Waals surface area contributed by atoms with Gasteiger partial charge in [-0.2, -0.15) is 0 Å². The molecule has 0 unspecified atom stereocenters. The van der Waals surface area contributed by atoms with E-state index in [1.807, 2.05) is 0 Å². The fourth-order valence-corrected chi connectivity index (χ4v) is 2.11. The van der Waals surface area contributed by atoms with Gasteiger partial charge in [0.25, 0.3) is 0 Å². The average Bonchev–Trinajstić information content (AvgIpc) is 2.19. The number of rotatable bonds is 3. The lowest BCUT2D eigenvalue weighted by Gasteiger charge is -2.41. The number of hydrogen-bond acceptors (Lipinski definition) is 0. The normalized spacial score (nSPS) is 12.9. The van der Waals surface area contributed by atoms with E-state index in [-0.39, 0.29) is 10.8 Å². The third kappa shape index (κ3) is 2.03. The van der Waals surface area contributed by atoms with Crippen molar-refractivity contribution >= 4 is 15.9 Å². The molecule has 0 atom stereocenters. The van der Waals surface area contributed by atoms with E-state index in [1.165, 1.54) is 5.56 Å². The van der Waals surface area contributed by atoms with Crippen LogP contribution in [0.3, 0.4) is 0 Å². The van der Waals surface area contributed by atoms with E-state index in [2.05, 4.69) is 74.0 Å². The van der Waals surface area contributed by atoms with Crippen LogP contribution in [0.4, 0.5) is 0 Å². The van der Waals surface area contributed by atoms with Crippen LogP contribution in [0.2, 0.25) is 0 Å². The highest BCUT2D eigenvalue weighted by molar-refractivity contribution is 9.09. The number of hydrogen-bond donors (Lipinski definition) is 0. The second kappa shape index (κ2) is 4.06. The molecule has 0 saturated heterocycles. The quantitative estimate of drug-likeness (QED) is 0.703. The zero-order chi connectivity index (χ0) is 10.8. The molecule has 0 saturated carbocycles. The van der Waals surface area contributed by atoms with Gasteiger partial charge in [0.1, 0.15) is 0 Å². The van der Waals surface area contributed by atoms with Crippen LogP contribution in [0, 0.1) is 5.41 Å². The van der Waals surface area contributed by atoms with Gasteiger partial charge >= 0.3 is 0 Å². The third-order valence-corrected chi connectivity index (χ3v) is 4.92. The number of alkyl halides is 1. The van der Waals surface area contributed by atoms with Gasteiger partial charge in [-0.3, -0.25) is 0 Å². The molecule has 0 heterocycles. The monoisotopic (exact) mass is 254 g/mol. The van der Waals surface area contributed by atoms with Crippen molar-refractivity contribution < 1.29 is 0 Å². The van der Waals surface area contributed by atoms with E-state index in [4.69, 9.17) is 0 Å². The largest absolute Gasteiger partial charge is 0.0922 e. The highest BCUT2D eigenvalue weighted by atomic mass is 79.9. The Bertz CT molecular complexity index is 285. The third-order valence-electron chi connectivity index (χ3n) is 3.52. The predicted octanol–water partition coefficient (Wildman–Crippen LogP) is 4.39. The molecule has 1 heteroatoms. The number of halogens is 1. The van der Waals surface area contributed by atoms with Crippen LogP contribution in [0.15, 0.2) is 30.3 Å². The Labute approximate surface area is 95.9 Å². The lowest BCUT2D eigenvalue weighted by molar-refractivity contribution is 0.234. The summed E-state index contributed by atoms with van der Waals surface area (Å²) in [5, 5.41) is 1.02. The Morgan fingerprint density at radius 1 is 1.00 bits per heavy atom. The smallest absolute Gasteiger partial charge is 0.00910 e. The van der Waals surface area contributed by atoms with Crippen molar-refractivity contribution in [1.29, 1.82) is 0 Å². The predicted molar refractivity (Wildman–Crippen MR) is 67.0 cm³/mol. The molecular weight excluding hydrogens is 236 g/mol. The molecule has 78 valence electrons. The second-order valence-corrected chi connectivity index (χ2v) is 5.57. The molecule has 0 N–H and O–H groups in total. The molecule has 0 aromatic heterocycles. The van der Waals surface area contributed by atoms with Crippen molar-refractivity contribution in [1.82, 2.24) is 0 Å². The topological polar surface area (TPSA) is 0 Å². The summed E-state index contributed by atoms with van der Waals surface area (Å²) in [7, 11) is 0. The van der Waals surface area contributed by atoms with Crippen molar-refractivity contribution in [2.45, 2.75) is 33.1 Å². The molecule has 14 heavy (non-hydrogen) atoms. The van der Waals surface area contributed by atoms with Crippen LogP contribution in [-0.2, 0) is 5.41 Å². The minimum Gasteiger partial charge on any atom is -0.0922 e. The highest BCUT2D eigenvalue weighted by Gasteiger charge is 2.37. The Kier molecular flexibility index (Phi) is 3.41. The fraction of sp³-hybridized carbons (Fsp3) is 0.538. The molecule has 0 aliphatic heterocycles. The Morgan fingerprint density at radius 3 is 1.93 bits per heavy atom. The average molecular weight is 255 g/mol. The van der Waals surface area contributed by atoms with Gasteiger partial charge in [0.05, 0.1) is 0 Å². The molecule has 1 rings (SSSR count). The van der Waals surface area contributed by atoms with Gasteiger partial charge < -0.3 is 0 Å². The van der Waals surface area contributed by atoms with E-state index in [9.17, 15) is 0 Å². The van der Waals surface area contributed by atoms with Crippen molar-refractivity contribution in [3.63, 3.8) is 0 Å². The molecule has 0 bridgehead atoms. The first kappa shape index (κ1) is 11.8. The highest BCUT2D eigenvalue weighted by Crippen LogP contribution is 2.42. The van der Waals surface area contributed by atoms with Gasteiger partial charge in [-0.05, 0) is 16.4 Å². The van der Waals surface area contributed by atoms with E-state index in [0.29, 0.717) is 0 Å². The van der Waals surface area contributed by atoms with E-state index < -0.39 is 0 Å². The molecule has 0 radical (unpaired) electrons. The maximum atomic E-state index is 3.60. The summed E-state index contributed by atoms with van der Waals surface area (Å²) < 4.78 is 0. The van der Waals surface area contributed by atoms with Gasteiger partial charge in [0.15, 0.2) is 0 Å². The minimum absolute atomic E-state index is 0.192. The van der Waals surface area contributed by atoms with Gasteiger partial charge in [-0.25, -0.2) is 0 Å². The maximum absolute atomic E-state index is 3.60. The van der Waals surface area contributed by atoms with Gasteiger partial charge in [-0.15, -0.1) is 0 Å². The zero-order valence-corrected chi connectivity index (χ0v) is 11.1. The first-order chi connectivity index (χ1) is 6.42. The molecule has 0 amide bonds. The Hall–Kier alpha value is -0.300. The Morgan fingerprint density at radius 2 is 1.50 bits per heavy atom. The van der Waals surface area contributed by atoms with Crippen molar-refractivity contribution in [2.24, 2.45) is 5.41 Å². The first-order valence-corrected chi connectivity index (χ1v) is 6.15. The van der Waals surface area contributed by atoms with Gasteiger partial charge in [0.2, 0.25) is 0 Å². The molecule has 0 aliphatic carbocycles. The van der Waals surface area contributed by atoms with E-state index in [0.717, 1.165) is 5.33 Å². The van der Waals surface area contributed by atoms with E-state index in [1.54, 1.807) is 0 Å². The SMILES string of the molecule is CC(C)(CBr)C(C)(C)c1ccccc1. The van der Waals surface area contributed by atoms with Gasteiger partial charge in [-0.1, -0.05) is 74.0 Å². The molecule has 0 spiro atoms. The summed E-state index contributed by atoms with van der Waals surface area (Å²) >= 11 is 3.60. The van der Waals surface area contributed by atoms with Crippen LogP contribution in [-0.4, -0.2) is 5.33 Å². The summed E-state index contributed by atoms with van der Waals surface area (Å²) in [6.45, 7) is 9.22. The molecule has 1 aromatic carbocycles. The lowest BCUT2D eigenvalue weighted by Crippen LogP contribution is -2.37. The second-order valence-electron chi connectivity index (χ2n) is 5.01. The van der Waals surface area contributed by atoms with Crippen molar-refractivity contribution in [3.8, 4) is 0 Å². The molecular formula is C13H19Br. The summed E-state index contributed by atoms with van der Waals surface area (Å²) in [5.74, 6) is 0. The maximum Gasteiger partial charge on any atom is 0.00910 e. The Balaban J connectivity index is 3.08. The van der Waals surface area contributed by atoms with Crippen LogP contribution in [0.5, 0.6) is 0 Å². The van der Waals surface area contributed by atoms with Crippen LogP contribution in [0.25, 0.3) is 0 Å². The summed E-state index contributed by atoms with van der Waals surface area (Å²) in [6, 6.07) is 10.7. The van der Waals surface area contributed by atoms with Crippen LogP contribution < -0.4 is 0 Å². The van der Waals surface area contributed by atoms with Gasteiger partial charge in [0, 0.05) is 5.33 Å². The number of benzene rings is 1. The molecule has 0 fully saturated rings. The summed E-state index contributed by atoms with van der Waals surface area (Å²) in [6.07, 6.45) is 0. The molecule has 0 nitrogen and oxygen atoms in total. The molecule has 1 aromatic rings. The van der Waals surface area contributed by atoms with Crippen molar-refractivity contribution in [3.05, 3.63) is 35.9 Å². The van der Waals surface area contributed by atoms with Crippen molar-refractivity contribution in [2.75, 3.05) is 5.33 Å². The fourth-order valence-electron chi connectivity index (χ4n) is 1.41. The standard InChI is InChI=1S/C13H19Br/c1-12(2,10-14)13(3,4)11-8-6-5-7-9-11/h5-9H,10H2,1-4H3. The molecule has 0 aliphatic rings. The summed E-state index contributed by atoms with van der Waals surface area (Å²) in [4.78, 5) is 0. The van der Waals surface area contributed by atoms with Crippen LogP contribution >= 0.6 is 15.9 Å². The lowest BCUT2D eigenvalue weighted by atomic mass is 9.65. The minimum atomic E-state index is 0.192. The summed E-state index contributed by atoms with van der Waals surface area (Å²) in [5.41, 5.74) is 1.86. The zero-order valence-electron chi connectivity index (χ0n) is 9.47. The van der Waals surface area contributed by atoms with E-state index >= 15 is 0 Å².